The van der Waals surface area contributed by atoms with E-state index in [0.717, 1.165) is 33.2 Å². The van der Waals surface area contributed by atoms with Crippen LogP contribution in [-0.4, -0.2) is 15.0 Å². The molecule has 0 radical (unpaired) electrons. The highest BCUT2D eigenvalue weighted by molar-refractivity contribution is 6.01. The van der Waals surface area contributed by atoms with Crippen molar-refractivity contribution < 1.29 is 0 Å². The van der Waals surface area contributed by atoms with Crippen molar-refractivity contribution in [3.8, 4) is 56.4 Å². The fourth-order valence-electron chi connectivity index (χ4n) is 8.94. The molecule has 0 unspecified atom stereocenters. The van der Waals surface area contributed by atoms with Crippen molar-refractivity contribution >= 4 is 21.5 Å². The lowest BCUT2D eigenvalue weighted by Gasteiger charge is -2.34. The summed E-state index contributed by atoms with van der Waals surface area (Å²) in [4.78, 5) is 15.1. The van der Waals surface area contributed by atoms with Crippen LogP contribution >= 0.6 is 0 Å². The first-order valence-electron chi connectivity index (χ1n) is 19.4. The summed E-state index contributed by atoms with van der Waals surface area (Å²) in [6, 6.07) is 76.1. The summed E-state index contributed by atoms with van der Waals surface area (Å²) in [6.45, 7) is 0. The molecular weight excluding hydrogens is 691 g/mol. The van der Waals surface area contributed by atoms with Crippen molar-refractivity contribution in [1.29, 1.82) is 0 Å². The minimum atomic E-state index is -0.478. The maximum absolute atomic E-state index is 5.06. The van der Waals surface area contributed by atoms with E-state index in [1.54, 1.807) is 0 Å². The highest BCUT2D eigenvalue weighted by Gasteiger charge is 2.47. The van der Waals surface area contributed by atoms with Gasteiger partial charge >= 0.3 is 0 Å². The average molecular weight is 726 g/mol. The first-order valence-corrected chi connectivity index (χ1v) is 19.4. The van der Waals surface area contributed by atoms with Gasteiger partial charge in [0.2, 0.25) is 0 Å². The topological polar surface area (TPSA) is 38.7 Å². The zero-order valence-electron chi connectivity index (χ0n) is 31.0. The van der Waals surface area contributed by atoms with Crippen LogP contribution in [0.25, 0.3) is 78.0 Å². The van der Waals surface area contributed by atoms with Crippen LogP contribution < -0.4 is 0 Å². The Morgan fingerprint density at radius 3 is 1.49 bits per heavy atom. The molecule has 266 valence electrons. The van der Waals surface area contributed by atoms with Gasteiger partial charge in [0.05, 0.1) is 5.41 Å². The fraction of sp³-hybridized carbons (Fsp3) is 0.0185. The smallest absolute Gasteiger partial charge is 0.164 e. The molecule has 0 amide bonds. The fourth-order valence-corrected chi connectivity index (χ4v) is 8.94. The summed E-state index contributed by atoms with van der Waals surface area (Å²) < 4.78 is 0. The number of nitrogens with zero attached hydrogens (tertiary/aromatic N) is 3. The van der Waals surface area contributed by atoms with Crippen molar-refractivity contribution in [3.63, 3.8) is 0 Å². The maximum Gasteiger partial charge on any atom is 0.164 e. The zero-order valence-corrected chi connectivity index (χ0v) is 31.0. The molecule has 0 bridgehead atoms. The average Bonchev–Trinajstić information content (AvgIpc) is 3.61. The summed E-state index contributed by atoms with van der Waals surface area (Å²) in [5.74, 6) is 1.94. The monoisotopic (exact) mass is 725 g/mol. The van der Waals surface area contributed by atoms with Crippen LogP contribution in [0, 0.1) is 0 Å². The van der Waals surface area contributed by atoms with Crippen molar-refractivity contribution in [3.05, 3.63) is 235 Å². The Kier molecular flexibility index (Phi) is 7.71. The summed E-state index contributed by atoms with van der Waals surface area (Å²) in [6.07, 6.45) is 0. The Morgan fingerprint density at radius 2 is 0.789 bits per heavy atom. The van der Waals surface area contributed by atoms with E-state index in [1.807, 2.05) is 30.3 Å². The molecule has 1 aliphatic rings. The SMILES string of the molecule is c1ccc(-c2nc(-c3ccc(-c4ccc5ccc6c(c5c4)C(c4ccccc4)(c4ccccc4)c4ccccc4-6)cc3)nc(-c3ccc4ccccc4c3)n2)cc1. The van der Waals surface area contributed by atoms with E-state index in [0.29, 0.717) is 17.5 Å². The molecule has 0 saturated carbocycles. The first kappa shape index (κ1) is 32.9. The standard InChI is InChI=1S/C54H35N3/c1-4-15-39(16-5-1)51-55-52(57-53(56-51)43-31-26-36-14-10-11-17-41(36)34-43)40-28-24-37(25-29-40)42-30-27-38-32-33-47-46-22-12-13-23-49(46)54(50(47)48(38)35-42,44-18-6-2-7-19-44)45-20-8-3-9-21-45/h1-35H. The second kappa shape index (κ2) is 13.4. The van der Waals surface area contributed by atoms with E-state index in [4.69, 9.17) is 15.0 Å². The molecule has 0 spiro atoms. The van der Waals surface area contributed by atoms with Gasteiger partial charge in [-0.1, -0.05) is 200 Å². The lowest BCUT2D eigenvalue weighted by atomic mass is 9.66. The van der Waals surface area contributed by atoms with Crippen LogP contribution in [0.15, 0.2) is 212 Å². The van der Waals surface area contributed by atoms with Crippen molar-refractivity contribution in [2.75, 3.05) is 0 Å². The molecule has 1 heterocycles. The minimum Gasteiger partial charge on any atom is -0.208 e. The Balaban J connectivity index is 1.05. The predicted octanol–water partition coefficient (Wildman–Crippen LogP) is 13.2. The molecule has 11 rings (SSSR count). The van der Waals surface area contributed by atoms with Crippen molar-refractivity contribution in [2.24, 2.45) is 0 Å². The number of hydrogen-bond donors (Lipinski definition) is 0. The van der Waals surface area contributed by atoms with Crippen LogP contribution in [0.2, 0.25) is 0 Å². The second-order valence-corrected chi connectivity index (χ2v) is 14.8. The Labute approximate surface area is 331 Å². The maximum atomic E-state index is 5.06. The zero-order chi connectivity index (χ0) is 37.8. The summed E-state index contributed by atoms with van der Waals surface area (Å²) in [7, 11) is 0. The van der Waals surface area contributed by atoms with E-state index in [-0.39, 0.29) is 0 Å². The molecule has 0 fully saturated rings. The molecule has 0 atom stereocenters. The molecule has 3 heteroatoms. The van der Waals surface area contributed by atoms with Gasteiger partial charge < -0.3 is 0 Å². The third-order valence-corrected chi connectivity index (χ3v) is 11.6. The summed E-state index contributed by atoms with van der Waals surface area (Å²) in [5.41, 5.74) is 12.4. The third-order valence-electron chi connectivity index (χ3n) is 11.6. The second-order valence-electron chi connectivity index (χ2n) is 14.8. The molecule has 1 aliphatic carbocycles. The Hall–Kier alpha value is -7.49. The minimum absolute atomic E-state index is 0.478. The van der Waals surface area contributed by atoms with Gasteiger partial charge in [-0.2, -0.15) is 0 Å². The van der Waals surface area contributed by atoms with E-state index in [2.05, 4.69) is 182 Å². The molecule has 57 heavy (non-hydrogen) atoms. The van der Waals surface area contributed by atoms with Crippen molar-refractivity contribution in [1.82, 2.24) is 15.0 Å². The normalized spacial score (nSPS) is 12.7. The lowest BCUT2D eigenvalue weighted by Crippen LogP contribution is -2.28. The molecule has 3 nitrogen and oxygen atoms in total. The lowest BCUT2D eigenvalue weighted by molar-refractivity contribution is 0.775. The molecule has 9 aromatic carbocycles. The van der Waals surface area contributed by atoms with E-state index < -0.39 is 5.41 Å². The van der Waals surface area contributed by atoms with Gasteiger partial charge in [0.15, 0.2) is 17.5 Å². The highest BCUT2D eigenvalue weighted by Crippen LogP contribution is 2.58. The molecular formula is C54H35N3. The quantitative estimate of drug-likeness (QED) is 0.171. The van der Waals surface area contributed by atoms with Crippen LogP contribution in [0.1, 0.15) is 22.3 Å². The number of fused-ring (bicyclic) bond motifs is 6. The van der Waals surface area contributed by atoms with Gasteiger partial charge in [0.1, 0.15) is 0 Å². The molecule has 0 saturated heterocycles. The Bertz CT molecular complexity index is 3060. The molecule has 0 N–H and O–H groups in total. The summed E-state index contributed by atoms with van der Waals surface area (Å²) >= 11 is 0. The van der Waals surface area contributed by atoms with Gasteiger partial charge in [0, 0.05) is 16.7 Å². The predicted molar refractivity (Wildman–Crippen MR) is 234 cm³/mol. The highest BCUT2D eigenvalue weighted by atomic mass is 15.0. The van der Waals surface area contributed by atoms with Crippen LogP contribution in [0.5, 0.6) is 0 Å². The Morgan fingerprint density at radius 1 is 0.298 bits per heavy atom. The number of benzene rings is 9. The number of hydrogen-bond acceptors (Lipinski definition) is 3. The van der Waals surface area contributed by atoms with Gasteiger partial charge in [0.25, 0.3) is 0 Å². The number of rotatable bonds is 6. The molecule has 10 aromatic rings. The third kappa shape index (κ3) is 5.39. The summed E-state index contributed by atoms with van der Waals surface area (Å²) in [5, 5.41) is 4.81. The van der Waals surface area contributed by atoms with Gasteiger partial charge in [-0.25, -0.2) is 15.0 Å². The van der Waals surface area contributed by atoms with E-state index in [1.165, 1.54) is 49.5 Å². The van der Waals surface area contributed by atoms with Gasteiger partial charge in [-0.3, -0.25) is 0 Å². The van der Waals surface area contributed by atoms with Gasteiger partial charge in [-0.15, -0.1) is 0 Å². The van der Waals surface area contributed by atoms with E-state index >= 15 is 0 Å². The van der Waals surface area contributed by atoms with Crippen LogP contribution in [0.4, 0.5) is 0 Å². The van der Waals surface area contributed by atoms with Gasteiger partial charge in [-0.05, 0) is 78.2 Å². The van der Waals surface area contributed by atoms with E-state index in [9.17, 15) is 0 Å². The van der Waals surface area contributed by atoms with Crippen LogP contribution in [0.3, 0.4) is 0 Å². The molecule has 1 aromatic heterocycles. The molecule has 0 aliphatic heterocycles. The first-order chi connectivity index (χ1) is 28.2. The van der Waals surface area contributed by atoms with Crippen molar-refractivity contribution in [2.45, 2.75) is 5.41 Å². The van der Waals surface area contributed by atoms with Crippen LogP contribution in [-0.2, 0) is 5.41 Å². The number of aromatic nitrogens is 3. The largest absolute Gasteiger partial charge is 0.208 e.